The van der Waals surface area contributed by atoms with Crippen LogP contribution in [-0.4, -0.2) is 42.2 Å². The van der Waals surface area contributed by atoms with E-state index < -0.39 is 0 Å². The molecule has 0 unspecified atom stereocenters. The van der Waals surface area contributed by atoms with E-state index in [1.807, 2.05) is 33.8 Å². The molecule has 1 saturated heterocycles. The monoisotopic (exact) mass is 311 g/mol. The maximum atomic E-state index is 12.3. The molecule has 1 heterocycles. The Hall–Kier alpha value is -1.26. The Bertz CT molecular complexity index is 530. The van der Waals surface area contributed by atoms with Crippen LogP contribution in [0.2, 0.25) is 5.02 Å². The van der Waals surface area contributed by atoms with Gasteiger partial charge in [0.25, 0.3) is 5.91 Å². The number of aryl methyl sites for hydroxylation is 1. The van der Waals surface area contributed by atoms with Gasteiger partial charge in [-0.25, -0.2) is 0 Å². The number of hydrogen-bond acceptors (Lipinski definition) is 3. The molecule has 116 valence electrons. The van der Waals surface area contributed by atoms with Gasteiger partial charge in [-0.3, -0.25) is 4.79 Å². The average Bonchev–Trinajstić information content (AvgIpc) is 2.37. The van der Waals surface area contributed by atoms with Gasteiger partial charge in [-0.15, -0.1) is 0 Å². The topological polar surface area (TPSA) is 38.8 Å². The molecular formula is C16H22ClNO3. The van der Waals surface area contributed by atoms with E-state index in [0.717, 1.165) is 5.56 Å². The van der Waals surface area contributed by atoms with Gasteiger partial charge in [0.2, 0.25) is 0 Å². The van der Waals surface area contributed by atoms with Crippen LogP contribution in [-0.2, 0) is 9.53 Å². The van der Waals surface area contributed by atoms with Crippen LogP contribution in [0.4, 0.5) is 0 Å². The van der Waals surface area contributed by atoms with E-state index in [1.54, 1.807) is 17.0 Å². The first-order valence-electron chi connectivity index (χ1n) is 7.11. The third kappa shape index (κ3) is 4.35. The molecule has 0 radical (unpaired) electrons. The van der Waals surface area contributed by atoms with E-state index >= 15 is 0 Å². The molecule has 1 amide bonds. The molecule has 1 atom stereocenters. The van der Waals surface area contributed by atoms with Crippen molar-refractivity contribution in [2.45, 2.75) is 39.4 Å². The third-order valence-electron chi connectivity index (χ3n) is 3.41. The molecule has 0 bridgehead atoms. The minimum Gasteiger partial charge on any atom is -0.484 e. The number of carbonyl (C=O) groups excluding carboxylic acids is 1. The molecule has 1 aliphatic rings. The molecule has 21 heavy (non-hydrogen) atoms. The van der Waals surface area contributed by atoms with E-state index in [2.05, 4.69) is 0 Å². The van der Waals surface area contributed by atoms with Crippen molar-refractivity contribution in [3.05, 3.63) is 28.8 Å². The number of morpholine rings is 1. The lowest BCUT2D eigenvalue weighted by Crippen LogP contribution is -2.54. The smallest absolute Gasteiger partial charge is 0.260 e. The van der Waals surface area contributed by atoms with Gasteiger partial charge in [-0.05, 0) is 51.5 Å². The lowest BCUT2D eigenvalue weighted by atomic mass is 10.1. The van der Waals surface area contributed by atoms with Crippen molar-refractivity contribution in [2.24, 2.45) is 0 Å². The van der Waals surface area contributed by atoms with Crippen molar-refractivity contribution >= 4 is 17.5 Å². The van der Waals surface area contributed by atoms with Crippen LogP contribution in [0.3, 0.4) is 0 Å². The summed E-state index contributed by atoms with van der Waals surface area (Å²) in [6.07, 6.45) is 0.0375. The van der Waals surface area contributed by atoms with E-state index in [-0.39, 0.29) is 24.2 Å². The van der Waals surface area contributed by atoms with Crippen molar-refractivity contribution in [2.75, 3.05) is 19.7 Å². The maximum Gasteiger partial charge on any atom is 0.260 e. The highest BCUT2D eigenvalue weighted by Crippen LogP contribution is 2.22. The molecule has 1 fully saturated rings. The molecule has 4 nitrogen and oxygen atoms in total. The van der Waals surface area contributed by atoms with Crippen LogP contribution in [0, 0.1) is 6.92 Å². The zero-order chi connectivity index (χ0) is 15.6. The van der Waals surface area contributed by atoms with Gasteiger partial charge in [0.15, 0.2) is 6.61 Å². The van der Waals surface area contributed by atoms with Gasteiger partial charge in [-0.1, -0.05) is 11.6 Å². The first-order chi connectivity index (χ1) is 9.77. The Balaban J connectivity index is 1.93. The predicted molar refractivity (Wildman–Crippen MR) is 82.9 cm³/mol. The first kappa shape index (κ1) is 16.1. The molecule has 5 heteroatoms. The number of amides is 1. The average molecular weight is 312 g/mol. The van der Waals surface area contributed by atoms with Crippen molar-refractivity contribution in [1.82, 2.24) is 4.90 Å². The first-order valence-corrected chi connectivity index (χ1v) is 7.49. The van der Waals surface area contributed by atoms with Crippen molar-refractivity contribution in [3.63, 3.8) is 0 Å². The Labute approximate surface area is 131 Å². The minimum absolute atomic E-state index is 0.0224. The van der Waals surface area contributed by atoms with Crippen molar-refractivity contribution < 1.29 is 14.3 Å². The number of carbonyl (C=O) groups is 1. The summed E-state index contributed by atoms with van der Waals surface area (Å²) in [6.45, 7) is 9.08. The van der Waals surface area contributed by atoms with Gasteiger partial charge >= 0.3 is 0 Å². The fourth-order valence-corrected chi connectivity index (χ4v) is 2.70. The predicted octanol–water partition coefficient (Wildman–Crippen LogP) is 3.05. The normalized spacial score (nSPS) is 21.2. The Morgan fingerprint density at radius 1 is 1.52 bits per heavy atom. The summed E-state index contributed by atoms with van der Waals surface area (Å²) < 4.78 is 11.4. The molecular weight excluding hydrogens is 290 g/mol. The van der Waals surface area contributed by atoms with Crippen LogP contribution < -0.4 is 4.74 Å². The van der Waals surface area contributed by atoms with E-state index in [0.29, 0.717) is 23.9 Å². The highest BCUT2D eigenvalue weighted by atomic mass is 35.5. The minimum atomic E-state index is -0.315. The Morgan fingerprint density at radius 2 is 2.24 bits per heavy atom. The number of rotatable bonds is 3. The van der Waals surface area contributed by atoms with Crippen LogP contribution in [0.5, 0.6) is 5.75 Å². The Kier molecular flexibility index (Phi) is 4.79. The van der Waals surface area contributed by atoms with Crippen LogP contribution in [0.15, 0.2) is 18.2 Å². The third-order valence-corrected chi connectivity index (χ3v) is 3.84. The summed E-state index contributed by atoms with van der Waals surface area (Å²) in [5.41, 5.74) is 0.618. The molecule has 1 aromatic carbocycles. The fraction of sp³-hybridized carbons (Fsp3) is 0.562. The number of ether oxygens (including phenoxy) is 2. The number of benzene rings is 1. The second-order valence-electron chi connectivity index (χ2n) is 6.16. The zero-order valence-electron chi connectivity index (χ0n) is 13.0. The lowest BCUT2D eigenvalue weighted by molar-refractivity contribution is -0.159. The van der Waals surface area contributed by atoms with Crippen molar-refractivity contribution in [1.29, 1.82) is 0 Å². The molecule has 0 spiro atoms. The standard InChI is InChI=1S/C16H22ClNO3/c1-11-7-13(5-6-14(11)17)20-9-15(19)18-8-12(2)21-16(3,4)10-18/h5-7,12H,8-10H2,1-4H3/t12-/m1/s1. The zero-order valence-corrected chi connectivity index (χ0v) is 13.7. The lowest BCUT2D eigenvalue weighted by Gasteiger charge is -2.41. The van der Waals surface area contributed by atoms with Crippen molar-refractivity contribution in [3.8, 4) is 5.75 Å². The van der Waals surface area contributed by atoms with E-state index in [4.69, 9.17) is 21.1 Å². The summed E-state index contributed by atoms with van der Waals surface area (Å²) in [5, 5.41) is 0.692. The summed E-state index contributed by atoms with van der Waals surface area (Å²) in [7, 11) is 0. The summed E-state index contributed by atoms with van der Waals surface area (Å²) in [6, 6.07) is 5.38. The molecule has 0 aliphatic carbocycles. The highest BCUT2D eigenvalue weighted by Gasteiger charge is 2.33. The van der Waals surface area contributed by atoms with Gasteiger partial charge in [0.1, 0.15) is 5.75 Å². The molecule has 1 aromatic rings. The van der Waals surface area contributed by atoms with Crippen LogP contribution in [0.1, 0.15) is 26.3 Å². The van der Waals surface area contributed by atoms with Gasteiger partial charge in [-0.2, -0.15) is 0 Å². The SMILES string of the molecule is Cc1cc(OCC(=O)N2C[C@@H](C)OC(C)(C)C2)ccc1Cl. The van der Waals surface area contributed by atoms with Gasteiger partial charge in [0, 0.05) is 18.1 Å². The van der Waals surface area contributed by atoms with Gasteiger partial charge < -0.3 is 14.4 Å². The fourth-order valence-electron chi connectivity index (χ4n) is 2.59. The van der Waals surface area contributed by atoms with E-state index in [1.165, 1.54) is 0 Å². The molecule has 0 aromatic heterocycles. The highest BCUT2D eigenvalue weighted by molar-refractivity contribution is 6.31. The molecule has 0 N–H and O–H groups in total. The van der Waals surface area contributed by atoms with Crippen LogP contribution >= 0.6 is 11.6 Å². The van der Waals surface area contributed by atoms with Crippen LogP contribution in [0.25, 0.3) is 0 Å². The number of halogens is 1. The summed E-state index contributed by atoms with van der Waals surface area (Å²) >= 11 is 5.97. The molecule has 2 rings (SSSR count). The number of nitrogens with zero attached hydrogens (tertiary/aromatic N) is 1. The summed E-state index contributed by atoms with van der Waals surface area (Å²) in [5.74, 6) is 0.636. The molecule has 1 aliphatic heterocycles. The van der Waals surface area contributed by atoms with Gasteiger partial charge in [0.05, 0.1) is 11.7 Å². The summed E-state index contributed by atoms with van der Waals surface area (Å²) in [4.78, 5) is 14.1. The second kappa shape index (κ2) is 6.24. The second-order valence-corrected chi connectivity index (χ2v) is 6.57. The quantitative estimate of drug-likeness (QED) is 0.861. The van der Waals surface area contributed by atoms with E-state index in [9.17, 15) is 4.79 Å². The number of hydrogen-bond donors (Lipinski definition) is 0. The molecule has 0 saturated carbocycles. The Morgan fingerprint density at radius 3 is 2.86 bits per heavy atom. The largest absolute Gasteiger partial charge is 0.484 e. The maximum absolute atomic E-state index is 12.3.